The van der Waals surface area contributed by atoms with Crippen LogP contribution >= 0.6 is 7.82 Å². The molecular formula is C50H82NO12P. The molecule has 0 aliphatic heterocycles. The number of quaternary nitrogens is 1. The standard InChI is InChI=1S/C50H82NO12P/c1-6-8-10-11-12-13-14-15-16-17-18-19-20-21-22-23-24-25-27-32-49(56)60-40-44(41-62-64(58,59)61-37-36-51(3,4)5)63-50(57)33-29-28-31-43(53)38-46-45(47(54)39-48(46)55)35-34-42(52)30-26-9-7-2/h8,10,12-13,15-16,18-19,21-22,24-25,34-35,42,44-48,52,54-55H,6-7,9,11,14,17,20,23,26-33,36-41H2,1-5H3/b10-8-,13-12-,16-15-,19-18-,22-21-,25-24-,35-34+/t42-,44+,45+,46+,47+,48-/m0/s1. The van der Waals surface area contributed by atoms with Crippen LogP contribution in [0.25, 0.3) is 0 Å². The number of aliphatic hydroxyl groups is 3. The molecule has 1 unspecified atom stereocenters. The van der Waals surface area contributed by atoms with Crippen molar-refractivity contribution in [1.82, 2.24) is 0 Å². The second-order valence-electron chi connectivity index (χ2n) is 17.3. The zero-order chi connectivity index (χ0) is 47.5. The van der Waals surface area contributed by atoms with Gasteiger partial charge in [0.1, 0.15) is 25.5 Å². The summed E-state index contributed by atoms with van der Waals surface area (Å²) < 4.78 is 33.7. The van der Waals surface area contributed by atoms with Crippen LogP contribution in [0, 0.1) is 11.8 Å². The van der Waals surface area contributed by atoms with Crippen molar-refractivity contribution >= 4 is 25.5 Å². The number of esters is 2. The maximum atomic E-state index is 12.9. The average Bonchev–Trinajstić information content (AvgIpc) is 3.50. The first-order valence-corrected chi connectivity index (χ1v) is 24.9. The highest BCUT2D eigenvalue weighted by Crippen LogP contribution is 2.39. The first-order chi connectivity index (χ1) is 30.6. The van der Waals surface area contributed by atoms with Crippen molar-refractivity contribution in [2.75, 3.05) is 47.5 Å². The number of hydrogen-bond acceptors (Lipinski definition) is 12. The average molecular weight is 920 g/mol. The summed E-state index contributed by atoms with van der Waals surface area (Å²) >= 11 is 0. The summed E-state index contributed by atoms with van der Waals surface area (Å²) in [6.07, 6.45) is 35.5. The van der Waals surface area contributed by atoms with E-state index in [0.717, 1.165) is 57.8 Å². The molecule has 0 amide bonds. The Hall–Kier alpha value is -3.26. The second-order valence-corrected chi connectivity index (χ2v) is 18.8. The molecule has 364 valence electrons. The normalized spacial score (nSPS) is 20.5. The molecule has 13 nitrogen and oxygen atoms in total. The summed E-state index contributed by atoms with van der Waals surface area (Å²) in [7, 11) is 0.883. The third-order valence-corrected chi connectivity index (χ3v) is 11.4. The Labute approximate surface area is 384 Å². The molecule has 0 saturated heterocycles. The van der Waals surface area contributed by atoms with Crippen LogP contribution in [-0.2, 0) is 37.5 Å². The van der Waals surface area contributed by atoms with Gasteiger partial charge in [0.05, 0.1) is 46.1 Å². The Balaban J connectivity index is 2.56. The predicted octanol–water partition coefficient (Wildman–Crippen LogP) is 8.50. The van der Waals surface area contributed by atoms with E-state index in [4.69, 9.17) is 18.5 Å². The number of nitrogens with zero attached hydrogens (tertiary/aromatic N) is 1. The highest BCUT2D eigenvalue weighted by atomic mass is 31.2. The summed E-state index contributed by atoms with van der Waals surface area (Å²) in [5, 5.41) is 31.4. The zero-order valence-corrected chi connectivity index (χ0v) is 40.4. The van der Waals surface area contributed by atoms with E-state index in [1.54, 1.807) is 12.2 Å². The fourth-order valence-corrected chi connectivity index (χ4v) is 7.40. The minimum atomic E-state index is -4.76. The predicted molar refractivity (Wildman–Crippen MR) is 252 cm³/mol. The van der Waals surface area contributed by atoms with Crippen molar-refractivity contribution in [3.63, 3.8) is 0 Å². The minimum absolute atomic E-state index is 0.0561. The van der Waals surface area contributed by atoms with Crippen LogP contribution in [0.4, 0.5) is 0 Å². The van der Waals surface area contributed by atoms with E-state index in [9.17, 15) is 39.2 Å². The number of likely N-dealkylation sites (N-methyl/N-ethyl adjacent to an activating group) is 1. The van der Waals surface area contributed by atoms with Gasteiger partial charge in [0.25, 0.3) is 7.82 Å². The molecule has 14 heteroatoms. The number of phosphoric ester groups is 1. The quantitative estimate of drug-likeness (QED) is 0.0178. The smallest absolute Gasteiger partial charge is 0.306 e. The number of hydrogen-bond donors (Lipinski definition) is 3. The molecule has 1 saturated carbocycles. The van der Waals surface area contributed by atoms with Gasteiger partial charge < -0.3 is 43.2 Å². The zero-order valence-electron chi connectivity index (χ0n) is 39.5. The third kappa shape index (κ3) is 32.4. The van der Waals surface area contributed by atoms with Crippen LogP contribution < -0.4 is 4.89 Å². The number of ether oxygens (including phenoxy) is 2. The largest absolute Gasteiger partial charge is 0.756 e. The third-order valence-electron chi connectivity index (χ3n) is 10.4. The van der Waals surface area contributed by atoms with Gasteiger partial charge in [0.15, 0.2) is 6.10 Å². The summed E-state index contributed by atoms with van der Waals surface area (Å²) in [5.74, 6) is -2.28. The number of aliphatic hydroxyl groups excluding tert-OH is 3. The molecule has 0 aromatic heterocycles. The Bertz CT molecular complexity index is 1540. The lowest BCUT2D eigenvalue weighted by Crippen LogP contribution is -2.37. The first kappa shape index (κ1) is 58.8. The molecule has 64 heavy (non-hydrogen) atoms. The highest BCUT2D eigenvalue weighted by Gasteiger charge is 2.41. The number of ketones is 1. The van der Waals surface area contributed by atoms with Crippen molar-refractivity contribution in [2.45, 2.75) is 154 Å². The fraction of sp³-hybridized carbons (Fsp3) is 0.660. The maximum Gasteiger partial charge on any atom is 0.306 e. The lowest BCUT2D eigenvalue weighted by atomic mass is 9.87. The van der Waals surface area contributed by atoms with Gasteiger partial charge in [-0.3, -0.25) is 18.9 Å². The van der Waals surface area contributed by atoms with Crippen molar-refractivity contribution in [1.29, 1.82) is 0 Å². The van der Waals surface area contributed by atoms with Crippen LogP contribution in [0.5, 0.6) is 0 Å². The lowest BCUT2D eigenvalue weighted by molar-refractivity contribution is -0.870. The molecule has 0 spiro atoms. The summed E-state index contributed by atoms with van der Waals surface area (Å²) in [5.41, 5.74) is 0. The molecule has 0 bridgehead atoms. The Morgan fingerprint density at radius 2 is 1.31 bits per heavy atom. The van der Waals surface area contributed by atoms with Crippen LogP contribution in [0.15, 0.2) is 85.1 Å². The van der Waals surface area contributed by atoms with Crippen molar-refractivity contribution < 1.29 is 62.2 Å². The maximum absolute atomic E-state index is 12.9. The molecule has 7 atom stereocenters. The topological polar surface area (TPSA) is 189 Å². The first-order valence-electron chi connectivity index (χ1n) is 23.5. The van der Waals surface area contributed by atoms with E-state index < -0.39 is 69.2 Å². The van der Waals surface area contributed by atoms with E-state index >= 15 is 0 Å². The number of Topliss-reactive ketones (excluding diaryl/α,β-unsaturated/α-hetero) is 1. The van der Waals surface area contributed by atoms with Gasteiger partial charge in [0, 0.05) is 43.9 Å². The Morgan fingerprint density at radius 1 is 0.734 bits per heavy atom. The minimum Gasteiger partial charge on any atom is -0.756 e. The van der Waals surface area contributed by atoms with Gasteiger partial charge in [-0.25, -0.2) is 0 Å². The summed E-state index contributed by atoms with van der Waals surface area (Å²) in [6, 6.07) is 0. The van der Waals surface area contributed by atoms with Crippen LogP contribution in [0.3, 0.4) is 0 Å². The second kappa shape index (κ2) is 35.9. The molecule has 1 aliphatic rings. The Kier molecular flexibility index (Phi) is 33.0. The number of carbonyl (C=O) groups is 3. The van der Waals surface area contributed by atoms with E-state index in [0.29, 0.717) is 36.7 Å². The Morgan fingerprint density at radius 3 is 1.89 bits per heavy atom. The molecule has 1 fully saturated rings. The van der Waals surface area contributed by atoms with Crippen molar-refractivity contribution in [3.8, 4) is 0 Å². The van der Waals surface area contributed by atoms with E-state index in [2.05, 4.69) is 74.6 Å². The number of unbranched alkanes of at least 4 members (excludes halogenated alkanes) is 3. The monoisotopic (exact) mass is 920 g/mol. The molecule has 0 radical (unpaired) electrons. The molecule has 0 aromatic rings. The number of carbonyl (C=O) groups excluding carboxylic acids is 3. The molecule has 3 N–H and O–H groups in total. The van der Waals surface area contributed by atoms with Crippen molar-refractivity contribution in [2.24, 2.45) is 11.8 Å². The SMILES string of the molecule is CC/C=C\C/C=C\C/C=C\C/C=C\C/C=C\C/C=C\CCC(=O)OC[C@H](COP(=O)([O-])OCC[N+](C)(C)C)OC(=O)CCCCC(=O)C[C@@H]1[C@@H](/C=C/[C@@H](O)CCCCC)[C@H](O)C[C@@H]1O. The number of phosphoric acid groups is 1. The van der Waals surface area contributed by atoms with Gasteiger partial charge in [0.2, 0.25) is 0 Å². The van der Waals surface area contributed by atoms with Crippen molar-refractivity contribution in [3.05, 3.63) is 85.1 Å². The van der Waals surface area contributed by atoms with Gasteiger partial charge in [-0.2, -0.15) is 0 Å². The molecule has 1 rings (SSSR count). The van der Waals surface area contributed by atoms with Gasteiger partial charge >= 0.3 is 11.9 Å². The highest BCUT2D eigenvalue weighted by molar-refractivity contribution is 7.45. The summed E-state index contributed by atoms with van der Waals surface area (Å²) in [6.45, 7) is 3.46. The van der Waals surface area contributed by atoms with E-state index in [1.165, 1.54) is 0 Å². The van der Waals surface area contributed by atoms with Gasteiger partial charge in [-0.15, -0.1) is 0 Å². The number of allylic oxidation sites excluding steroid dienone is 12. The molecule has 1 aliphatic carbocycles. The fourth-order valence-electron chi connectivity index (χ4n) is 6.68. The van der Waals surface area contributed by atoms with E-state index in [-0.39, 0.29) is 44.5 Å². The van der Waals surface area contributed by atoms with Gasteiger partial charge in [-0.05, 0) is 64.2 Å². The van der Waals surface area contributed by atoms with E-state index in [1.807, 2.05) is 33.3 Å². The number of rotatable bonds is 37. The lowest BCUT2D eigenvalue weighted by Gasteiger charge is -2.28. The molecule has 0 aromatic carbocycles. The van der Waals surface area contributed by atoms with Crippen LogP contribution in [-0.4, -0.2) is 109 Å². The molecule has 0 heterocycles. The van der Waals surface area contributed by atoms with Crippen LogP contribution in [0.1, 0.15) is 129 Å². The summed E-state index contributed by atoms with van der Waals surface area (Å²) in [4.78, 5) is 50.7. The van der Waals surface area contributed by atoms with Gasteiger partial charge in [-0.1, -0.05) is 118 Å². The molecular weight excluding hydrogens is 838 g/mol. The van der Waals surface area contributed by atoms with Crippen LogP contribution in [0.2, 0.25) is 0 Å².